The Kier molecular flexibility index (Phi) is 7.40. The minimum absolute atomic E-state index is 0.0156. The first-order chi connectivity index (χ1) is 14.0. The van der Waals surface area contributed by atoms with Gasteiger partial charge >= 0.3 is 0 Å². The first-order valence-electron chi connectivity index (χ1n) is 8.64. The number of carbonyl (C=O) groups excluding carboxylic acids is 2. The summed E-state index contributed by atoms with van der Waals surface area (Å²) in [6, 6.07) is 18.1. The van der Waals surface area contributed by atoms with Gasteiger partial charge in [-0.2, -0.15) is 0 Å². The van der Waals surface area contributed by atoms with E-state index >= 15 is 0 Å². The zero-order valence-electron chi connectivity index (χ0n) is 15.5. The van der Waals surface area contributed by atoms with Crippen LogP contribution in [-0.4, -0.2) is 30.5 Å². The monoisotopic (exact) mass is 471 g/mol. The van der Waals surface area contributed by atoms with Gasteiger partial charge in [0.2, 0.25) is 5.91 Å². The maximum atomic E-state index is 12.8. The van der Waals surface area contributed by atoms with E-state index in [-0.39, 0.29) is 18.4 Å². The molecule has 0 bridgehead atoms. The van der Waals surface area contributed by atoms with Crippen LogP contribution in [0.1, 0.15) is 10.4 Å². The smallest absolute Gasteiger partial charge is 0.258 e. The molecule has 3 aromatic rings. The molecule has 8 heteroatoms. The molecule has 1 aromatic heterocycles. The highest BCUT2D eigenvalue weighted by molar-refractivity contribution is 9.10. The molecule has 2 amide bonds. The van der Waals surface area contributed by atoms with Crippen molar-refractivity contribution in [3.05, 3.63) is 76.9 Å². The second-order valence-corrected chi connectivity index (χ2v) is 7.90. The Bertz CT molecular complexity index is 995. The molecule has 2 N–H and O–H groups in total. The van der Waals surface area contributed by atoms with E-state index in [9.17, 15) is 9.59 Å². The Hall–Kier alpha value is -2.68. The van der Waals surface area contributed by atoms with Crippen molar-refractivity contribution < 1.29 is 14.3 Å². The third-order valence-corrected chi connectivity index (χ3v) is 5.30. The van der Waals surface area contributed by atoms with Crippen molar-refractivity contribution in [3.63, 3.8) is 0 Å². The van der Waals surface area contributed by atoms with Crippen molar-refractivity contribution in [2.75, 3.05) is 24.4 Å². The summed E-state index contributed by atoms with van der Waals surface area (Å²) in [7, 11) is 1.46. The van der Waals surface area contributed by atoms with Crippen molar-refractivity contribution in [1.82, 2.24) is 4.98 Å². The quantitative estimate of drug-likeness (QED) is 0.515. The molecular weight excluding hydrogens is 454 g/mol. The fourth-order valence-electron chi connectivity index (χ4n) is 2.42. The van der Waals surface area contributed by atoms with Gasteiger partial charge in [-0.15, -0.1) is 0 Å². The maximum absolute atomic E-state index is 12.8. The first kappa shape index (κ1) is 21.0. The van der Waals surface area contributed by atoms with Gasteiger partial charge in [0.05, 0.1) is 5.56 Å². The number of hydrogen-bond donors (Lipinski definition) is 2. The molecule has 6 nitrogen and oxygen atoms in total. The number of rotatable bonds is 7. The number of anilines is 2. The number of pyridine rings is 1. The third kappa shape index (κ3) is 6.15. The molecule has 0 radical (unpaired) electrons. The minimum atomic E-state index is -0.256. The Labute approximate surface area is 181 Å². The Morgan fingerprint density at radius 1 is 1.00 bits per heavy atom. The maximum Gasteiger partial charge on any atom is 0.258 e. The number of nitrogens with one attached hydrogen (secondary N) is 2. The summed E-state index contributed by atoms with van der Waals surface area (Å²) >= 11 is 4.84. The van der Waals surface area contributed by atoms with Crippen LogP contribution in [0.4, 0.5) is 11.4 Å². The summed E-state index contributed by atoms with van der Waals surface area (Å²) in [6.45, 7) is -0.0156. The number of methoxy groups -OCH3 is 1. The molecule has 0 spiro atoms. The summed E-state index contributed by atoms with van der Waals surface area (Å²) in [5.41, 5.74) is 1.72. The van der Waals surface area contributed by atoms with Crippen molar-refractivity contribution >= 4 is 50.9 Å². The molecule has 0 aliphatic heterocycles. The van der Waals surface area contributed by atoms with Crippen LogP contribution in [0, 0.1) is 0 Å². The Balaban J connectivity index is 1.69. The molecule has 0 aliphatic rings. The van der Waals surface area contributed by atoms with Gasteiger partial charge in [-0.05, 0) is 60.7 Å². The molecule has 0 saturated heterocycles. The Morgan fingerprint density at radius 3 is 2.31 bits per heavy atom. The fourth-order valence-corrected chi connectivity index (χ4v) is 3.57. The number of aromatic nitrogens is 1. The molecule has 0 unspecified atom stereocenters. The molecule has 0 aliphatic carbocycles. The van der Waals surface area contributed by atoms with Gasteiger partial charge in [0.25, 0.3) is 5.91 Å². The zero-order chi connectivity index (χ0) is 20.6. The molecule has 1 heterocycles. The molecule has 0 atom stereocenters. The van der Waals surface area contributed by atoms with E-state index < -0.39 is 0 Å². The standard InChI is InChI=1S/C21H18BrN3O3S/c1-28-13-19(26)24-15-6-8-16(9-7-15)25-20(27)18-3-2-12-23-21(18)29-17-10-4-14(22)5-11-17/h2-12H,13H2,1H3,(H,24,26)(H,25,27). The zero-order valence-corrected chi connectivity index (χ0v) is 17.9. The van der Waals surface area contributed by atoms with Gasteiger partial charge in [0, 0.05) is 34.0 Å². The third-order valence-electron chi connectivity index (χ3n) is 3.75. The largest absolute Gasteiger partial charge is 0.375 e. The molecule has 148 valence electrons. The molecule has 29 heavy (non-hydrogen) atoms. The van der Waals surface area contributed by atoms with Gasteiger partial charge in [0.1, 0.15) is 11.6 Å². The average molecular weight is 472 g/mol. The van der Waals surface area contributed by atoms with E-state index in [1.807, 2.05) is 24.3 Å². The molecule has 0 fully saturated rings. The molecule has 3 rings (SSSR count). The van der Waals surface area contributed by atoms with E-state index in [2.05, 4.69) is 31.5 Å². The summed E-state index contributed by atoms with van der Waals surface area (Å²) in [4.78, 5) is 29.7. The predicted molar refractivity (Wildman–Crippen MR) is 117 cm³/mol. The number of amides is 2. The van der Waals surface area contributed by atoms with Crippen LogP contribution in [0.2, 0.25) is 0 Å². The first-order valence-corrected chi connectivity index (χ1v) is 10.2. The molecular formula is C21H18BrN3O3S. The van der Waals surface area contributed by atoms with E-state index in [1.54, 1.807) is 42.6 Å². The van der Waals surface area contributed by atoms with Gasteiger partial charge in [-0.3, -0.25) is 9.59 Å². The van der Waals surface area contributed by atoms with Crippen molar-refractivity contribution in [2.24, 2.45) is 0 Å². The summed E-state index contributed by atoms with van der Waals surface area (Å²) in [5, 5.41) is 6.19. The number of ether oxygens (including phenoxy) is 1. The highest BCUT2D eigenvalue weighted by Gasteiger charge is 2.14. The van der Waals surface area contributed by atoms with E-state index in [4.69, 9.17) is 4.74 Å². The van der Waals surface area contributed by atoms with Crippen LogP contribution in [0.3, 0.4) is 0 Å². The lowest BCUT2D eigenvalue weighted by Gasteiger charge is -2.10. The normalized spacial score (nSPS) is 10.4. The second-order valence-electron chi connectivity index (χ2n) is 5.92. The highest BCUT2D eigenvalue weighted by Crippen LogP contribution is 2.30. The van der Waals surface area contributed by atoms with Gasteiger partial charge in [-0.1, -0.05) is 27.7 Å². The number of hydrogen-bond acceptors (Lipinski definition) is 5. The number of carbonyl (C=O) groups is 2. The molecule has 2 aromatic carbocycles. The van der Waals surface area contributed by atoms with Gasteiger partial charge in [0.15, 0.2) is 0 Å². The Morgan fingerprint density at radius 2 is 1.66 bits per heavy atom. The van der Waals surface area contributed by atoms with Crippen LogP contribution in [0.5, 0.6) is 0 Å². The van der Waals surface area contributed by atoms with E-state index in [1.165, 1.54) is 18.9 Å². The van der Waals surface area contributed by atoms with Gasteiger partial charge in [-0.25, -0.2) is 4.98 Å². The van der Waals surface area contributed by atoms with Crippen LogP contribution in [0.25, 0.3) is 0 Å². The SMILES string of the molecule is COCC(=O)Nc1ccc(NC(=O)c2cccnc2Sc2ccc(Br)cc2)cc1. The topological polar surface area (TPSA) is 80.3 Å². The second kappa shape index (κ2) is 10.2. The lowest BCUT2D eigenvalue weighted by Crippen LogP contribution is -2.17. The summed E-state index contributed by atoms with van der Waals surface area (Å²) in [5.74, 6) is -0.497. The lowest BCUT2D eigenvalue weighted by atomic mass is 10.2. The van der Waals surface area contributed by atoms with Crippen molar-refractivity contribution in [3.8, 4) is 0 Å². The average Bonchev–Trinajstić information content (AvgIpc) is 2.72. The van der Waals surface area contributed by atoms with E-state index in [0.717, 1.165) is 9.37 Å². The highest BCUT2D eigenvalue weighted by atomic mass is 79.9. The predicted octanol–water partition coefficient (Wildman–Crippen LogP) is 4.83. The van der Waals surface area contributed by atoms with Crippen LogP contribution >= 0.6 is 27.7 Å². The molecule has 0 saturated carbocycles. The van der Waals surface area contributed by atoms with Gasteiger partial charge < -0.3 is 15.4 Å². The van der Waals surface area contributed by atoms with Crippen LogP contribution in [-0.2, 0) is 9.53 Å². The van der Waals surface area contributed by atoms with Crippen LogP contribution in [0.15, 0.2) is 81.3 Å². The van der Waals surface area contributed by atoms with Crippen molar-refractivity contribution in [2.45, 2.75) is 9.92 Å². The van der Waals surface area contributed by atoms with E-state index in [0.29, 0.717) is 22.0 Å². The summed E-state index contributed by atoms with van der Waals surface area (Å²) in [6.07, 6.45) is 1.66. The van der Waals surface area contributed by atoms with Crippen molar-refractivity contribution in [1.29, 1.82) is 0 Å². The number of benzene rings is 2. The number of halogens is 1. The number of nitrogens with zero attached hydrogens (tertiary/aromatic N) is 1. The fraction of sp³-hybridized carbons (Fsp3) is 0.0952. The lowest BCUT2D eigenvalue weighted by molar-refractivity contribution is -0.119. The summed E-state index contributed by atoms with van der Waals surface area (Å²) < 4.78 is 5.77. The van der Waals surface area contributed by atoms with Crippen LogP contribution < -0.4 is 10.6 Å². The minimum Gasteiger partial charge on any atom is -0.375 e.